The monoisotopic (exact) mass is 472 g/mol. The quantitative estimate of drug-likeness (QED) is 0.426. The van der Waals surface area contributed by atoms with E-state index in [2.05, 4.69) is 20.5 Å². The number of aromatic nitrogens is 3. The summed E-state index contributed by atoms with van der Waals surface area (Å²) in [4.78, 5) is 27.5. The number of rotatable bonds is 7. The number of nitrogens with zero attached hydrogens (tertiary/aromatic N) is 4. The number of amides is 1. The van der Waals surface area contributed by atoms with E-state index >= 15 is 0 Å². The van der Waals surface area contributed by atoms with E-state index in [0.29, 0.717) is 49.1 Å². The summed E-state index contributed by atoms with van der Waals surface area (Å²) >= 11 is 0. The van der Waals surface area contributed by atoms with Gasteiger partial charge in [0.25, 0.3) is 0 Å². The highest BCUT2D eigenvalue weighted by Crippen LogP contribution is 2.36. The van der Waals surface area contributed by atoms with Crippen LogP contribution >= 0.6 is 0 Å². The van der Waals surface area contributed by atoms with Crippen LogP contribution in [0.2, 0.25) is 0 Å². The second kappa shape index (κ2) is 10.0. The maximum atomic E-state index is 13.5. The van der Waals surface area contributed by atoms with E-state index in [1.165, 1.54) is 12.1 Å². The Morgan fingerprint density at radius 2 is 1.97 bits per heavy atom. The Morgan fingerprint density at radius 3 is 2.71 bits per heavy atom. The van der Waals surface area contributed by atoms with Gasteiger partial charge in [0, 0.05) is 50.0 Å². The van der Waals surface area contributed by atoms with Crippen LogP contribution in [0.15, 0.2) is 60.9 Å². The first-order chi connectivity index (χ1) is 17.1. The molecule has 0 saturated carbocycles. The van der Waals surface area contributed by atoms with Crippen molar-refractivity contribution in [1.82, 2.24) is 25.2 Å². The van der Waals surface area contributed by atoms with Crippen LogP contribution in [0, 0.1) is 5.82 Å². The molecule has 1 aliphatic rings. The van der Waals surface area contributed by atoms with Crippen LogP contribution in [-0.4, -0.2) is 65.6 Å². The van der Waals surface area contributed by atoms with E-state index in [9.17, 15) is 9.18 Å². The smallest absolute Gasteiger partial charge is 0.234 e. The van der Waals surface area contributed by atoms with Gasteiger partial charge >= 0.3 is 0 Å². The minimum atomic E-state index is -0.294. The number of carbonyl (C=O) groups excluding carboxylic acids is 1. The molecule has 0 spiro atoms. The Bertz CT molecular complexity index is 1350. The molecule has 8 nitrogen and oxygen atoms in total. The first-order valence-electron chi connectivity index (χ1n) is 11.4. The lowest BCUT2D eigenvalue weighted by Crippen LogP contribution is -2.48. The molecule has 3 heterocycles. The number of benzene rings is 2. The van der Waals surface area contributed by atoms with Gasteiger partial charge in [-0.05, 0) is 47.5 Å². The molecule has 5 rings (SSSR count). The summed E-state index contributed by atoms with van der Waals surface area (Å²) < 4.78 is 19.8. The first-order valence-corrected chi connectivity index (χ1v) is 11.4. The molecular formula is C26H25FN6O2. The normalized spacial score (nSPS) is 14.1. The summed E-state index contributed by atoms with van der Waals surface area (Å²) in [7, 11) is 1.81. The van der Waals surface area contributed by atoms with Crippen molar-refractivity contribution >= 4 is 22.6 Å². The van der Waals surface area contributed by atoms with E-state index in [0.717, 1.165) is 28.6 Å². The predicted octanol–water partition coefficient (Wildman–Crippen LogP) is 3.35. The van der Waals surface area contributed by atoms with Gasteiger partial charge in [-0.1, -0.05) is 12.1 Å². The van der Waals surface area contributed by atoms with E-state index < -0.39 is 0 Å². The second-order valence-corrected chi connectivity index (χ2v) is 8.24. The number of pyridine rings is 1. The van der Waals surface area contributed by atoms with Crippen LogP contribution < -0.4 is 15.4 Å². The third-order valence-corrected chi connectivity index (χ3v) is 5.88. The number of fused-ring (bicyclic) bond motifs is 1. The lowest BCUT2D eigenvalue weighted by atomic mass is 10.0. The molecule has 2 N–H and O–H groups in total. The van der Waals surface area contributed by atoms with Gasteiger partial charge in [0.2, 0.25) is 5.91 Å². The van der Waals surface area contributed by atoms with Gasteiger partial charge in [-0.2, -0.15) is 0 Å². The van der Waals surface area contributed by atoms with Crippen molar-refractivity contribution in [2.45, 2.75) is 0 Å². The third kappa shape index (κ3) is 5.04. The summed E-state index contributed by atoms with van der Waals surface area (Å²) in [6.07, 6.45) is 3.42. The Labute approximate surface area is 202 Å². The van der Waals surface area contributed by atoms with Gasteiger partial charge in [-0.15, -0.1) is 0 Å². The van der Waals surface area contributed by atoms with Gasteiger partial charge in [0.05, 0.1) is 6.54 Å². The topological polar surface area (TPSA) is 92.3 Å². The van der Waals surface area contributed by atoms with Crippen LogP contribution in [0.5, 0.6) is 5.75 Å². The van der Waals surface area contributed by atoms with E-state index in [1.54, 1.807) is 31.6 Å². The highest BCUT2D eigenvalue weighted by Gasteiger charge is 2.18. The summed E-state index contributed by atoms with van der Waals surface area (Å²) in [5, 5.41) is 6.79. The molecule has 1 amide bonds. The molecule has 0 bridgehead atoms. The Kier molecular flexibility index (Phi) is 6.49. The largest absolute Gasteiger partial charge is 0.490 e. The minimum Gasteiger partial charge on any atom is -0.490 e. The van der Waals surface area contributed by atoms with Crippen molar-refractivity contribution in [3.8, 4) is 28.3 Å². The van der Waals surface area contributed by atoms with Crippen molar-refractivity contribution in [2.24, 2.45) is 0 Å². The Balaban J connectivity index is 1.56. The number of halogens is 1. The van der Waals surface area contributed by atoms with E-state index in [4.69, 9.17) is 14.7 Å². The zero-order chi connectivity index (χ0) is 24.2. The average molecular weight is 473 g/mol. The predicted molar refractivity (Wildman–Crippen MR) is 133 cm³/mol. The van der Waals surface area contributed by atoms with Crippen molar-refractivity contribution in [1.29, 1.82) is 0 Å². The number of piperazine rings is 1. The standard InChI is InChI=1S/C26H25FN6O2/c1-28-26-21-13-19(17-4-6-20(27)7-5-17)14-22(35-12-11-33-10-9-30-23(34)16-33)24(21)31-25(32-26)18-3-2-8-29-15-18/h2-8,13-15H,9-12,16H2,1H3,(H,30,34)(H,28,31,32). The lowest BCUT2D eigenvalue weighted by molar-refractivity contribution is -0.124. The summed E-state index contributed by atoms with van der Waals surface area (Å²) in [5.74, 6) is 1.49. The van der Waals surface area contributed by atoms with Crippen molar-refractivity contribution in [2.75, 3.05) is 45.2 Å². The molecule has 1 saturated heterocycles. The SMILES string of the molecule is CNc1nc(-c2cccnc2)nc2c(OCCN3CCNC(=O)C3)cc(-c3ccc(F)cc3)cc12. The third-order valence-electron chi connectivity index (χ3n) is 5.88. The molecule has 1 fully saturated rings. The summed E-state index contributed by atoms with van der Waals surface area (Å²) in [6.45, 7) is 2.76. The van der Waals surface area contributed by atoms with Crippen LogP contribution in [0.3, 0.4) is 0 Å². The number of anilines is 1. The zero-order valence-corrected chi connectivity index (χ0v) is 19.3. The zero-order valence-electron chi connectivity index (χ0n) is 19.3. The van der Waals surface area contributed by atoms with Gasteiger partial charge in [-0.3, -0.25) is 14.7 Å². The molecule has 35 heavy (non-hydrogen) atoms. The Morgan fingerprint density at radius 1 is 1.11 bits per heavy atom. The fourth-order valence-corrected chi connectivity index (χ4v) is 4.10. The molecule has 0 radical (unpaired) electrons. The first kappa shape index (κ1) is 22.7. The molecule has 9 heteroatoms. The van der Waals surface area contributed by atoms with Gasteiger partial charge < -0.3 is 15.4 Å². The van der Waals surface area contributed by atoms with Crippen molar-refractivity contribution in [3.05, 3.63) is 66.7 Å². The molecule has 0 atom stereocenters. The summed E-state index contributed by atoms with van der Waals surface area (Å²) in [5.41, 5.74) is 3.16. The average Bonchev–Trinajstić information content (AvgIpc) is 2.89. The molecular weight excluding hydrogens is 447 g/mol. The van der Waals surface area contributed by atoms with Crippen LogP contribution in [0.25, 0.3) is 33.4 Å². The van der Waals surface area contributed by atoms with E-state index in [-0.39, 0.29) is 11.7 Å². The number of hydrogen-bond acceptors (Lipinski definition) is 7. The highest BCUT2D eigenvalue weighted by atomic mass is 19.1. The fourth-order valence-electron chi connectivity index (χ4n) is 4.10. The fraction of sp³-hybridized carbons (Fsp3) is 0.231. The molecule has 0 aliphatic carbocycles. The molecule has 178 valence electrons. The van der Waals surface area contributed by atoms with Crippen LogP contribution in [0.1, 0.15) is 0 Å². The van der Waals surface area contributed by atoms with Crippen molar-refractivity contribution in [3.63, 3.8) is 0 Å². The van der Waals surface area contributed by atoms with Crippen LogP contribution in [0.4, 0.5) is 10.2 Å². The minimum absolute atomic E-state index is 0.0209. The highest BCUT2D eigenvalue weighted by molar-refractivity contribution is 5.97. The number of nitrogens with one attached hydrogen (secondary N) is 2. The molecule has 2 aromatic carbocycles. The lowest BCUT2D eigenvalue weighted by Gasteiger charge is -2.26. The molecule has 0 unspecified atom stereocenters. The van der Waals surface area contributed by atoms with Crippen molar-refractivity contribution < 1.29 is 13.9 Å². The van der Waals surface area contributed by atoms with Gasteiger partial charge in [0.15, 0.2) is 5.82 Å². The maximum Gasteiger partial charge on any atom is 0.234 e. The van der Waals surface area contributed by atoms with Gasteiger partial charge in [-0.25, -0.2) is 14.4 Å². The number of hydrogen-bond donors (Lipinski definition) is 2. The maximum absolute atomic E-state index is 13.5. The Hall–Kier alpha value is -4.11. The number of ether oxygens (including phenoxy) is 1. The molecule has 2 aromatic heterocycles. The summed E-state index contributed by atoms with van der Waals surface area (Å²) in [6, 6.07) is 14.0. The van der Waals surface area contributed by atoms with Crippen LogP contribution in [-0.2, 0) is 4.79 Å². The van der Waals surface area contributed by atoms with E-state index in [1.807, 2.05) is 24.3 Å². The second-order valence-electron chi connectivity index (χ2n) is 8.24. The molecule has 4 aromatic rings. The number of carbonyl (C=O) groups is 1. The molecule has 1 aliphatic heterocycles. The van der Waals surface area contributed by atoms with Gasteiger partial charge in [0.1, 0.15) is 29.5 Å².